The van der Waals surface area contributed by atoms with E-state index in [0.717, 1.165) is 32.2 Å². The summed E-state index contributed by atoms with van der Waals surface area (Å²) in [7, 11) is 2.24. The van der Waals surface area contributed by atoms with Crippen molar-refractivity contribution >= 4 is 11.0 Å². The zero-order valence-electron chi connectivity index (χ0n) is 26.6. The SMILES string of the molecule is CCC1(CCc2ccccc2-c2n(CC(C)(C)C)c3ccccc3[n+]2C)c2ccccc2-c2cccc[n+]2C1(C)CC. The number of aromatic nitrogens is 3. The van der Waals surface area contributed by atoms with Crippen molar-refractivity contribution < 1.29 is 9.13 Å². The van der Waals surface area contributed by atoms with Crippen LogP contribution in [0.15, 0.2) is 97.2 Å². The quantitative estimate of drug-likeness (QED) is 0.178. The molecular formula is C39H47N3+2. The number of hydrogen-bond donors (Lipinski definition) is 0. The highest BCUT2D eigenvalue weighted by Gasteiger charge is 2.58. The van der Waals surface area contributed by atoms with Gasteiger partial charge in [-0.1, -0.05) is 83.1 Å². The van der Waals surface area contributed by atoms with E-state index in [1.165, 1.54) is 44.8 Å². The Morgan fingerprint density at radius 1 is 0.762 bits per heavy atom. The van der Waals surface area contributed by atoms with Gasteiger partial charge < -0.3 is 0 Å². The minimum absolute atomic E-state index is 0.00474. The van der Waals surface area contributed by atoms with Crippen LogP contribution in [0.5, 0.6) is 0 Å². The Kier molecular flexibility index (Phi) is 7.12. The van der Waals surface area contributed by atoms with Gasteiger partial charge in [0.1, 0.15) is 0 Å². The predicted octanol–water partition coefficient (Wildman–Crippen LogP) is 8.55. The molecule has 3 heterocycles. The van der Waals surface area contributed by atoms with Crippen molar-refractivity contribution in [3.63, 3.8) is 0 Å². The summed E-state index contributed by atoms with van der Waals surface area (Å²) < 4.78 is 7.56. The highest BCUT2D eigenvalue weighted by atomic mass is 15.2. The maximum absolute atomic E-state index is 2.59. The maximum atomic E-state index is 2.59. The first-order valence-electron chi connectivity index (χ1n) is 15.8. The highest BCUT2D eigenvalue weighted by molar-refractivity contribution is 5.77. The summed E-state index contributed by atoms with van der Waals surface area (Å²) in [6.45, 7) is 15.3. The first-order chi connectivity index (χ1) is 20.1. The van der Waals surface area contributed by atoms with Crippen LogP contribution < -0.4 is 9.13 Å². The zero-order valence-corrected chi connectivity index (χ0v) is 26.6. The van der Waals surface area contributed by atoms with Crippen molar-refractivity contribution in [2.45, 2.75) is 84.7 Å². The van der Waals surface area contributed by atoms with Crippen LogP contribution in [0.25, 0.3) is 33.7 Å². The molecule has 0 radical (unpaired) electrons. The molecule has 42 heavy (non-hydrogen) atoms. The number of nitrogens with zero attached hydrogens (tertiary/aromatic N) is 3. The van der Waals surface area contributed by atoms with Gasteiger partial charge in [0.05, 0.1) is 30.1 Å². The largest absolute Gasteiger partial charge is 0.289 e. The van der Waals surface area contributed by atoms with Crippen molar-refractivity contribution in [1.29, 1.82) is 0 Å². The lowest BCUT2D eigenvalue weighted by Gasteiger charge is -2.48. The third-order valence-corrected chi connectivity index (χ3v) is 10.3. The number of rotatable bonds is 7. The van der Waals surface area contributed by atoms with Gasteiger partial charge in [0.2, 0.25) is 5.69 Å². The number of pyridine rings is 1. The van der Waals surface area contributed by atoms with E-state index >= 15 is 0 Å². The fourth-order valence-electron chi connectivity index (χ4n) is 8.05. The minimum Gasteiger partial charge on any atom is -0.226 e. The molecule has 0 saturated heterocycles. The summed E-state index contributed by atoms with van der Waals surface area (Å²) in [4.78, 5) is 0. The molecule has 2 unspecified atom stereocenters. The normalized spacial score (nSPS) is 20.0. The number of aryl methyl sites for hydroxylation is 2. The standard InChI is InChI=1S/C39H47N3/c1-8-38(6)39(9-2,32-21-13-12-20-31(32)33-22-16-17-27-42(33)38)26-25-29-18-10-11-19-30(29)36-40(7)34-23-14-15-24-35(34)41(36)28-37(3,4)5/h10-24,27H,8-9,25-26,28H2,1-7H3/q+2. The van der Waals surface area contributed by atoms with Crippen LogP contribution in [0.3, 0.4) is 0 Å². The Balaban J connectivity index is 1.50. The summed E-state index contributed by atoms with van der Waals surface area (Å²) in [5.41, 5.74) is 9.72. The monoisotopic (exact) mass is 557 g/mol. The van der Waals surface area contributed by atoms with Crippen LogP contribution in [0.1, 0.15) is 71.9 Å². The topological polar surface area (TPSA) is 12.7 Å². The molecule has 3 heteroatoms. The van der Waals surface area contributed by atoms with E-state index in [-0.39, 0.29) is 16.4 Å². The molecule has 0 fully saturated rings. The fourth-order valence-corrected chi connectivity index (χ4v) is 8.05. The molecule has 1 aliphatic heterocycles. The van der Waals surface area contributed by atoms with Crippen LogP contribution in [-0.2, 0) is 31.0 Å². The van der Waals surface area contributed by atoms with Crippen LogP contribution in [0.2, 0.25) is 0 Å². The van der Waals surface area contributed by atoms with E-state index < -0.39 is 0 Å². The van der Waals surface area contributed by atoms with Crippen LogP contribution in [0, 0.1) is 5.41 Å². The van der Waals surface area contributed by atoms with E-state index in [2.05, 4.69) is 159 Å². The van der Waals surface area contributed by atoms with Gasteiger partial charge >= 0.3 is 0 Å². The molecule has 0 bridgehead atoms. The molecule has 6 rings (SSSR count). The van der Waals surface area contributed by atoms with Crippen LogP contribution in [-0.4, -0.2) is 4.57 Å². The molecule has 2 atom stereocenters. The Morgan fingerprint density at radius 3 is 2.17 bits per heavy atom. The molecule has 0 amide bonds. The van der Waals surface area contributed by atoms with E-state index in [1.807, 2.05) is 0 Å². The molecule has 3 aromatic carbocycles. The number of imidazole rings is 1. The Labute approximate surface area is 252 Å². The van der Waals surface area contributed by atoms with Crippen molar-refractivity contribution in [1.82, 2.24) is 4.57 Å². The number of para-hydroxylation sites is 2. The Hall–Kier alpha value is -3.72. The third-order valence-electron chi connectivity index (χ3n) is 10.3. The lowest BCUT2D eigenvalue weighted by atomic mass is 9.57. The molecule has 0 spiro atoms. The summed E-state index contributed by atoms with van der Waals surface area (Å²) in [6, 6.07) is 33.9. The molecule has 1 aliphatic rings. The molecule has 216 valence electrons. The summed E-state index contributed by atoms with van der Waals surface area (Å²) in [6.07, 6.45) is 6.60. The van der Waals surface area contributed by atoms with Gasteiger partial charge in [-0.3, -0.25) is 0 Å². The van der Waals surface area contributed by atoms with E-state index in [0.29, 0.717) is 0 Å². The van der Waals surface area contributed by atoms with E-state index in [1.54, 1.807) is 0 Å². The molecule has 0 N–H and O–H groups in total. The zero-order chi connectivity index (χ0) is 29.7. The van der Waals surface area contributed by atoms with Crippen molar-refractivity contribution in [2.24, 2.45) is 12.5 Å². The second kappa shape index (κ2) is 10.5. The average Bonchev–Trinajstić information content (AvgIpc) is 3.27. The summed E-state index contributed by atoms with van der Waals surface area (Å²) in [5.74, 6) is 1.30. The first kappa shape index (κ1) is 28.4. The van der Waals surface area contributed by atoms with Gasteiger partial charge in [-0.15, -0.1) is 0 Å². The maximum Gasteiger partial charge on any atom is 0.289 e. The first-order valence-corrected chi connectivity index (χ1v) is 15.8. The second-order valence-electron chi connectivity index (χ2n) is 13.7. The van der Waals surface area contributed by atoms with E-state index in [4.69, 9.17) is 0 Å². The lowest BCUT2D eigenvalue weighted by Crippen LogP contribution is -2.68. The smallest absolute Gasteiger partial charge is 0.226 e. The fraction of sp³-hybridized carbons (Fsp3) is 0.385. The molecule has 3 nitrogen and oxygen atoms in total. The number of hydrogen-bond acceptors (Lipinski definition) is 0. The van der Waals surface area contributed by atoms with Gasteiger partial charge in [0, 0.05) is 25.5 Å². The average molecular weight is 558 g/mol. The van der Waals surface area contributed by atoms with Crippen LogP contribution in [0.4, 0.5) is 0 Å². The van der Waals surface area contributed by atoms with Gasteiger partial charge in [-0.2, -0.15) is 4.57 Å². The molecule has 5 aromatic rings. The lowest BCUT2D eigenvalue weighted by molar-refractivity contribution is -0.766. The van der Waals surface area contributed by atoms with Crippen molar-refractivity contribution in [2.75, 3.05) is 0 Å². The molecule has 0 aliphatic carbocycles. The summed E-state index contributed by atoms with van der Waals surface area (Å²) in [5, 5.41) is 0. The second-order valence-corrected chi connectivity index (χ2v) is 13.7. The van der Waals surface area contributed by atoms with Gasteiger partial charge in [0.15, 0.2) is 22.8 Å². The van der Waals surface area contributed by atoms with Crippen molar-refractivity contribution in [3.8, 4) is 22.6 Å². The van der Waals surface area contributed by atoms with Gasteiger partial charge in [0.25, 0.3) is 5.82 Å². The predicted molar refractivity (Wildman–Crippen MR) is 174 cm³/mol. The van der Waals surface area contributed by atoms with E-state index in [9.17, 15) is 0 Å². The molecule has 0 saturated carbocycles. The third kappa shape index (κ3) is 4.32. The summed E-state index contributed by atoms with van der Waals surface area (Å²) >= 11 is 0. The Bertz CT molecular complexity index is 1750. The number of benzene rings is 3. The van der Waals surface area contributed by atoms with Gasteiger partial charge in [-0.25, -0.2) is 9.13 Å². The van der Waals surface area contributed by atoms with Gasteiger partial charge in [-0.05, 0) is 66.1 Å². The minimum atomic E-state index is -0.0343. The molecular weight excluding hydrogens is 510 g/mol. The highest BCUT2D eigenvalue weighted by Crippen LogP contribution is 2.52. The van der Waals surface area contributed by atoms with Crippen LogP contribution >= 0.6 is 0 Å². The molecule has 2 aromatic heterocycles. The number of fused-ring (bicyclic) bond motifs is 4. The van der Waals surface area contributed by atoms with Crippen molar-refractivity contribution in [3.05, 3.63) is 108 Å². The Morgan fingerprint density at radius 2 is 1.43 bits per heavy atom.